The lowest BCUT2D eigenvalue weighted by Gasteiger charge is -2.33. The minimum atomic E-state index is 0.0652. The second kappa shape index (κ2) is 20.8. The molecule has 0 N–H and O–H groups in total. The fourth-order valence-electron chi connectivity index (χ4n) is 12.9. The van der Waals surface area contributed by atoms with Crippen LogP contribution in [-0.4, -0.2) is 14.0 Å². The van der Waals surface area contributed by atoms with Crippen LogP contribution in [0, 0.1) is 27.7 Å². The summed E-state index contributed by atoms with van der Waals surface area (Å²) in [6, 6.07) is 88.9. The third-order valence-electron chi connectivity index (χ3n) is 17.0. The Kier molecular flexibility index (Phi) is 12.5. The number of aryl methyl sites for hydroxylation is 4. The van der Waals surface area contributed by atoms with Gasteiger partial charge >= 0.3 is 14.0 Å². The molecule has 0 radical (unpaired) electrons. The average Bonchev–Trinajstić information content (AvgIpc) is 1.59. The lowest BCUT2D eigenvalue weighted by molar-refractivity contribution is 1.27. The molecule has 6 nitrogen and oxygen atoms in total. The molecule has 4 heterocycles. The number of hydrogen-bond donors (Lipinski definition) is 0. The van der Waals surface area contributed by atoms with Gasteiger partial charge in [0.25, 0.3) is 0 Å². The topological polar surface area (TPSA) is 19.4 Å². The average molecular weight is 1080 g/mol. The Morgan fingerprint density at radius 2 is 0.679 bits per heavy atom. The van der Waals surface area contributed by atoms with E-state index < -0.39 is 0 Å². The van der Waals surface area contributed by atoms with E-state index in [0.717, 1.165) is 28.4 Å². The summed E-state index contributed by atoms with van der Waals surface area (Å²) >= 11 is 0. The molecule has 4 aliphatic rings. The van der Waals surface area contributed by atoms with Gasteiger partial charge in [0.2, 0.25) is 0 Å². The maximum atomic E-state index is 2.52. The molecule has 0 amide bonds. The van der Waals surface area contributed by atoms with Gasteiger partial charge in [-0.1, -0.05) is 180 Å². The molecule has 12 aromatic rings. The summed E-state index contributed by atoms with van der Waals surface area (Å²) in [7, 11) is 0. The third kappa shape index (κ3) is 8.77. The van der Waals surface area contributed by atoms with E-state index in [1.165, 1.54) is 105 Å². The Hall–Kier alpha value is -10.4. The van der Waals surface area contributed by atoms with Crippen LogP contribution in [0.4, 0.5) is 68.2 Å². The van der Waals surface area contributed by atoms with Gasteiger partial charge in [-0.15, -0.1) is 0 Å². The minimum absolute atomic E-state index is 0.0652. The number of fused-ring (bicyclic) bond motifs is 10. The van der Waals surface area contributed by atoms with E-state index in [2.05, 4.69) is 348 Å². The second-order valence-corrected chi connectivity index (χ2v) is 22.5. The lowest BCUT2D eigenvalue weighted by Crippen LogP contribution is -2.43. The maximum Gasteiger partial charge on any atom is 0.412 e. The summed E-state index contributed by atoms with van der Waals surface area (Å²) in [5.41, 5.74) is 19.3. The Morgan fingerprint density at radius 3 is 1.17 bits per heavy atom. The third-order valence-corrected chi connectivity index (χ3v) is 17.0. The highest BCUT2D eigenvalue weighted by molar-refractivity contribution is 6.78. The van der Waals surface area contributed by atoms with Gasteiger partial charge in [-0.05, 0) is 183 Å². The zero-order chi connectivity index (χ0) is 56.4. The van der Waals surface area contributed by atoms with Crippen molar-refractivity contribution in [2.24, 2.45) is 0 Å². The van der Waals surface area contributed by atoms with Crippen molar-refractivity contribution < 1.29 is 0 Å². The largest absolute Gasteiger partial charge is 0.412 e. The van der Waals surface area contributed by atoms with Crippen molar-refractivity contribution in [3.8, 4) is 0 Å². The van der Waals surface area contributed by atoms with Gasteiger partial charge in [0.15, 0.2) is 0 Å². The molecule has 0 bridgehead atoms. The van der Waals surface area contributed by atoms with Crippen LogP contribution in [0.25, 0.3) is 43.1 Å². The highest BCUT2D eigenvalue weighted by Crippen LogP contribution is 2.53. The van der Waals surface area contributed by atoms with E-state index in [1.54, 1.807) is 0 Å². The van der Waals surface area contributed by atoms with Crippen LogP contribution < -0.4 is 29.0 Å². The molecule has 16 rings (SSSR count). The van der Waals surface area contributed by atoms with Crippen molar-refractivity contribution in [2.75, 3.05) is 29.0 Å². The number of para-hydroxylation sites is 4. The van der Waals surface area contributed by atoms with Crippen LogP contribution >= 0.6 is 0 Å². The summed E-state index contributed by atoms with van der Waals surface area (Å²) < 4.78 is 0. The molecule has 12 aromatic carbocycles. The molecule has 0 aromatic heterocycles. The fourth-order valence-corrected chi connectivity index (χ4v) is 12.9. The van der Waals surface area contributed by atoms with Crippen LogP contribution in [-0.2, 0) is 0 Å². The second-order valence-electron chi connectivity index (χ2n) is 22.5. The molecule has 0 saturated heterocycles. The number of benzene rings is 12. The van der Waals surface area contributed by atoms with Crippen LogP contribution in [0.1, 0.15) is 22.3 Å². The van der Waals surface area contributed by atoms with E-state index in [0.29, 0.717) is 0 Å². The van der Waals surface area contributed by atoms with Crippen LogP contribution in [0.2, 0.25) is 0 Å². The monoisotopic (exact) mass is 1080 g/mol. The predicted octanol–water partition coefficient (Wildman–Crippen LogP) is 20.3. The van der Waals surface area contributed by atoms with Crippen molar-refractivity contribution in [2.45, 2.75) is 27.7 Å². The minimum Gasteiger partial charge on any atom is -0.367 e. The molecule has 0 atom stereocenters. The van der Waals surface area contributed by atoms with Gasteiger partial charge in [0, 0.05) is 61.4 Å². The van der Waals surface area contributed by atoms with Crippen molar-refractivity contribution in [1.82, 2.24) is 0 Å². The van der Waals surface area contributed by atoms with Crippen LogP contribution in [0.5, 0.6) is 0 Å². The van der Waals surface area contributed by atoms with Gasteiger partial charge in [0.05, 0.1) is 28.4 Å². The van der Waals surface area contributed by atoms with Crippen LogP contribution in [0.3, 0.4) is 0 Å². The van der Waals surface area contributed by atoms with E-state index >= 15 is 0 Å². The molecular formula is C76H60B2N6. The Bertz CT molecular complexity index is 4500. The number of rotatable bonds is 8. The predicted molar refractivity (Wildman–Crippen MR) is 361 cm³/mol. The molecule has 0 unspecified atom stereocenters. The first-order valence-corrected chi connectivity index (χ1v) is 29.1. The van der Waals surface area contributed by atoms with Gasteiger partial charge < -0.3 is 29.0 Å². The molecule has 84 heavy (non-hydrogen) atoms. The van der Waals surface area contributed by atoms with Crippen molar-refractivity contribution >= 4 is 125 Å². The number of nitrogens with zero attached hydrogens (tertiary/aromatic N) is 6. The van der Waals surface area contributed by atoms with Gasteiger partial charge in [0.1, 0.15) is 0 Å². The highest BCUT2D eigenvalue weighted by Gasteiger charge is 2.42. The van der Waals surface area contributed by atoms with E-state index in [9.17, 15) is 0 Å². The summed E-state index contributed by atoms with van der Waals surface area (Å²) in [4.78, 5) is 14.4. The first-order valence-electron chi connectivity index (χ1n) is 29.1. The Morgan fingerprint density at radius 1 is 0.298 bits per heavy atom. The summed E-state index contributed by atoms with van der Waals surface area (Å²) in [5.74, 6) is 4.56. The van der Waals surface area contributed by atoms with Crippen molar-refractivity contribution in [3.05, 3.63) is 314 Å². The number of anilines is 12. The molecule has 4 aliphatic heterocycles. The summed E-state index contributed by atoms with van der Waals surface area (Å²) in [5, 5.41) is 9.86. The normalized spacial score (nSPS) is 13.6. The lowest BCUT2D eigenvalue weighted by atomic mass is 9.70. The Labute approximate surface area is 492 Å². The molecule has 0 spiro atoms. The first-order chi connectivity index (χ1) is 41.3. The zero-order valence-corrected chi connectivity index (χ0v) is 47.6. The van der Waals surface area contributed by atoms with E-state index in [1.807, 2.05) is 0 Å². The summed E-state index contributed by atoms with van der Waals surface area (Å²) in [6.45, 7) is 8.76. The Balaban J connectivity index is 0.000000143. The van der Waals surface area contributed by atoms with Crippen LogP contribution in [0.15, 0.2) is 291 Å². The van der Waals surface area contributed by atoms with Gasteiger partial charge in [-0.2, -0.15) is 0 Å². The van der Waals surface area contributed by atoms with E-state index in [4.69, 9.17) is 0 Å². The van der Waals surface area contributed by atoms with E-state index in [-0.39, 0.29) is 14.0 Å². The molecule has 400 valence electrons. The van der Waals surface area contributed by atoms with Crippen molar-refractivity contribution in [1.29, 1.82) is 0 Å². The molecule has 8 heteroatoms. The smallest absolute Gasteiger partial charge is 0.367 e. The SMILES string of the molecule is Cc1ccc(N(c2ccc(C)cc2)c2c3ccccc3c(N3B4C=CC=CN4c4ccccc43)c3ccccc23)cc1.Cc1ccc(N(c2ccc(C)cc2)c2ccc3cc4cc(N5B6C=CC=CN6c6ccccc65)ccc4cc3c2)cc1. The molecule has 0 aliphatic carbocycles. The first kappa shape index (κ1) is 50.5. The maximum absolute atomic E-state index is 2.52. The molecule has 0 fully saturated rings. The molecule has 0 saturated carbocycles. The summed E-state index contributed by atoms with van der Waals surface area (Å²) in [6.07, 6.45) is 12.9. The fraction of sp³-hybridized carbons (Fsp3) is 0.0526. The zero-order valence-electron chi connectivity index (χ0n) is 47.6. The van der Waals surface area contributed by atoms with Gasteiger partial charge in [-0.25, -0.2) is 0 Å². The number of hydrogen-bond acceptors (Lipinski definition) is 6. The quantitative estimate of drug-likeness (QED) is 0.111. The van der Waals surface area contributed by atoms with Crippen molar-refractivity contribution in [3.63, 3.8) is 0 Å². The van der Waals surface area contributed by atoms with Gasteiger partial charge in [-0.3, -0.25) is 0 Å². The molecular weight excluding hydrogens is 1020 g/mol. The highest BCUT2D eigenvalue weighted by atomic mass is 15.3. The number of allylic oxidation sites excluding steroid dienone is 4. The standard InChI is InChI=1S/2C38H30BN3/c1-27-17-21-29(22-18-27)41(30-23-19-28(2)20-24-30)37-31-11-3-5-13-33(31)38(34-14-6-4-12-32(34)37)42-36-16-8-7-15-35(36)40-26-10-9-25-39(40)42;1-27-9-15-33(16-10-27)41(34-17-11-28(2)12-18-34)35-19-13-29-24-32-26-36(20-14-30(32)23-31(29)25-35)42-38-8-4-3-7-37(38)40-22-6-5-21-39(40)42/h2*3-26H,1-2H3.